The topological polar surface area (TPSA) is 97.1 Å². The number of rotatable bonds is 5. The van der Waals surface area contributed by atoms with Gasteiger partial charge in [0.15, 0.2) is 5.69 Å². The maximum atomic E-state index is 12.8. The van der Waals surface area contributed by atoms with Crippen molar-refractivity contribution in [2.24, 2.45) is 5.92 Å². The van der Waals surface area contributed by atoms with Gasteiger partial charge >= 0.3 is 12.1 Å². The number of carboxylic acid groups (broad SMARTS) is 1. The summed E-state index contributed by atoms with van der Waals surface area (Å²) < 4.78 is 38.5. The minimum Gasteiger partial charge on any atom is -0.476 e. The van der Waals surface area contributed by atoms with Crippen LogP contribution in [0.3, 0.4) is 0 Å². The third-order valence-corrected chi connectivity index (χ3v) is 2.21. The average molecular weight is 294 g/mol. The summed E-state index contributed by atoms with van der Waals surface area (Å²) in [4.78, 5) is 22.1. The molecule has 1 amide bonds. The lowest BCUT2D eigenvalue weighted by molar-refractivity contribution is -0.145. The number of nitrogens with zero attached hydrogens (tertiary/aromatic N) is 3. The molecule has 0 saturated heterocycles. The predicted octanol–water partition coefficient (Wildman–Crippen LogP) is 0.767. The summed E-state index contributed by atoms with van der Waals surface area (Å²) in [5, 5.41) is 17.1. The van der Waals surface area contributed by atoms with Gasteiger partial charge in [0.05, 0.1) is 0 Å². The summed E-state index contributed by atoms with van der Waals surface area (Å²) >= 11 is 0. The van der Waals surface area contributed by atoms with E-state index in [0.29, 0.717) is 6.54 Å². The molecule has 20 heavy (non-hydrogen) atoms. The number of nitrogens with one attached hydrogen (secondary N) is 1. The van der Waals surface area contributed by atoms with Gasteiger partial charge in [-0.15, -0.1) is 5.10 Å². The standard InChI is InChI=1S/C10H13F3N4O3/c1-5(2)3-14-6(18)4-17-8(10(11,12)13)7(9(19)20)15-16-17/h5H,3-4H2,1-2H3,(H,14,18)(H,19,20). The van der Waals surface area contributed by atoms with E-state index in [0.717, 1.165) is 0 Å². The molecule has 0 aliphatic rings. The van der Waals surface area contributed by atoms with Crippen LogP contribution in [0.2, 0.25) is 0 Å². The minimum absolute atomic E-state index is 0.131. The molecule has 7 nitrogen and oxygen atoms in total. The highest BCUT2D eigenvalue weighted by atomic mass is 19.4. The summed E-state index contributed by atoms with van der Waals surface area (Å²) in [7, 11) is 0. The Bertz CT molecular complexity index is 510. The number of aromatic carboxylic acids is 1. The molecule has 1 rings (SSSR count). The van der Waals surface area contributed by atoms with E-state index in [1.807, 2.05) is 13.8 Å². The second kappa shape index (κ2) is 5.88. The van der Waals surface area contributed by atoms with Crippen LogP contribution >= 0.6 is 0 Å². The van der Waals surface area contributed by atoms with Gasteiger partial charge in [-0.1, -0.05) is 19.1 Å². The number of carboxylic acids is 1. The number of hydrogen-bond acceptors (Lipinski definition) is 4. The molecule has 1 aromatic rings. The van der Waals surface area contributed by atoms with Crippen molar-refractivity contribution in [3.63, 3.8) is 0 Å². The zero-order chi connectivity index (χ0) is 15.5. The van der Waals surface area contributed by atoms with E-state index in [1.165, 1.54) is 0 Å². The van der Waals surface area contributed by atoms with Crippen LogP contribution in [0.4, 0.5) is 13.2 Å². The molecule has 1 heterocycles. The van der Waals surface area contributed by atoms with E-state index >= 15 is 0 Å². The van der Waals surface area contributed by atoms with Gasteiger partial charge in [0.25, 0.3) is 0 Å². The molecule has 0 atom stereocenters. The monoisotopic (exact) mass is 294 g/mol. The van der Waals surface area contributed by atoms with Crippen molar-refractivity contribution in [2.45, 2.75) is 26.6 Å². The summed E-state index contributed by atoms with van der Waals surface area (Å²) in [6.45, 7) is 3.18. The highest BCUT2D eigenvalue weighted by molar-refractivity contribution is 5.87. The summed E-state index contributed by atoms with van der Waals surface area (Å²) in [5.41, 5.74) is -2.78. The Hall–Kier alpha value is -2.13. The van der Waals surface area contributed by atoms with Gasteiger partial charge in [0.1, 0.15) is 6.54 Å². The van der Waals surface area contributed by atoms with Gasteiger partial charge in [0.2, 0.25) is 11.6 Å². The summed E-state index contributed by atoms with van der Waals surface area (Å²) in [6.07, 6.45) is -4.96. The molecule has 0 aliphatic heterocycles. The van der Waals surface area contributed by atoms with Gasteiger partial charge in [-0.2, -0.15) is 13.2 Å². The molecular formula is C10H13F3N4O3. The number of amides is 1. The molecule has 0 bridgehead atoms. The smallest absolute Gasteiger partial charge is 0.435 e. The van der Waals surface area contributed by atoms with Gasteiger partial charge in [-0.25, -0.2) is 9.48 Å². The number of alkyl halides is 3. The molecule has 0 radical (unpaired) electrons. The molecule has 0 fully saturated rings. The maximum Gasteiger partial charge on any atom is 0.435 e. The van der Waals surface area contributed by atoms with Crippen molar-refractivity contribution < 1.29 is 27.9 Å². The molecule has 112 valence electrons. The Morgan fingerprint density at radius 2 is 2.00 bits per heavy atom. The highest BCUT2D eigenvalue weighted by Crippen LogP contribution is 2.30. The van der Waals surface area contributed by atoms with Gasteiger partial charge in [-0.3, -0.25) is 4.79 Å². The lowest BCUT2D eigenvalue weighted by atomic mass is 10.2. The van der Waals surface area contributed by atoms with E-state index < -0.39 is 36.0 Å². The van der Waals surface area contributed by atoms with Gasteiger partial charge in [0, 0.05) is 6.54 Å². The highest BCUT2D eigenvalue weighted by Gasteiger charge is 2.41. The van der Waals surface area contributed by atoms with Crippen LogP contribution in [0.1, 0.15) is 30.0 Å². The summed E-state index contributed by atoms with van der Waals surface area (Å²) in [5.74, 6) is -2.43. The van der Waals surface area contributed by atoms with E-state index in [2.05, 4.69) is 15.6 Å². The Labute approximate surface area is 111 Å². The zero-order valence-electron chi connectivity index (χ0n) is 10.7. The third-order valence-electron chi connectivity index (χ3n) is 2.21. The van der Waals surface area contributed by atoms with Crippen molar-refractivity contribution in [1.82, 2.24) is 20.3 Å². The Morgan fingerprint density at radius 1 is 1.40 bits per heavy atom. The fourth-order valence-corrected chi connectivity index (χ4v) is 1.36. The van der Waals surface area contributed by atoms with E-state index in [9.17, 15) is 22.8 Å². The first-order valence-corrected chi connectivity index (χ1v) is 5.63. The molecule has 10 heteroatoms. The Kier molecular flexibility index (Phi) is 4.69. The molecule has 1 aromatic heterocycles. The maximum absolute atomic E-state index is 12.8. The zero-order valence-corrected chi connectivity index (χ0v) is 10.7. The van der Waals surface area contributed by atoms with Crippen molar-refractivity contribution in [1.29, 1.82) is 0 Å². The molecule has 0 saturated carbocycles. The average Bonchev–Trinajstić information content (AvgIpc) is 2.69. The van der Waals surface area contributed by atoms with Crippen LogP contribution < -0.4 is 5.32 Å². The van der Waals surface area contributed by atoms with Crippen LogP contribution in [0.15, 0.2) is 0 Å². The second-order valence-electron chi connectivity index (χ2n) is 4.45. The lowest BCUT2D eigenvalue weighted by Gasteiger charge is -2.11. The fourth-order valence-electron chi connectivity index (χ4n) is 1.36. The van der Waals surface area contributed by atoms with Crippen molar-refractivity contribution >= 4 is 11.9 Å². The van der Waals surface area contributed by atoms with E-state index in [4.69, 9.17) is 5.11 Å². The number of carbonyl (C=O) groups is 2. The molecule has 0 unspecified atom stereocenters. The SMILES string of the molecule is CC(C)CNC(=O)Cn1nnc(C(=O)O)c1C(F)(F)F. The number of carbonyl (C=O) groups excluding carboxylic acids is 1. The number of aromatic nitrogens is 3. The van der Waals surface area contributed by atoms with Crippen molar-refractivity contribution in [3.05, 3.63) is 11.4 Å². The van der Waals surface area contributed by atoms with Gasteiger partial charge < -0.3 is 10.4 Å². The normalized spacial score (nSPS) is 11.7. The number of halogens is 3. The second-order valence-corrected chi connectivity index (χ2v) is 4.45. The largest absolute Gasteiger partial charge is 0.476 e. The fraction of sp³-hybridized carbons (Fsp3) is 0.600. The van der Waals surface area contributed by atoms with Crippen LogP contribution in [0.5, 0.6) is 0 Å². The molecule has 0 aliphatic carbocycles. The van der Waals surface area contributed by atoms with Crippen molar-refractivity contribution in [3.8, 4) is 0 Å². The number of hydrogen-bond donors (Lipinski definition) is 2. The van der Waals surface area contributed by atoms with E-state index in [1.54, 1.807) is 0 Å². The molecule has 0 spiro atoms. The Balaban J connectivity index is 2.96. The minimum atomic E-state index is -4.96. The summed E-state index contributed by atoms with van der Waals surface area (Å²) in [6, 6.07) is 0. The van der Waals surface area contributed by atoms with Crippen LogP contribution in [-0.4, -0.2) is 38.5 Å². The predicted molar refractivity (Wildman–Crippen MR) is 59.8 cm³/mol. The third kappa shape index (κ3) is 3.93. The van der Waals surface area contributed by atoms with Crippen LogP contribution in [0.25, 0.3) is 0 Å². The first-order valence-electron chi connectivity index (χ1n) is 5.63. The first-order chi connectivity index (χ1) is 9.12. The molecular weight excluding hydrogens is 281 g/mol. The quantitative estimate of drug-likeness (QED) is 0.836. The van der Waals surface area contributed by atoms with E-state index in [-0.39, 0.29) is 10.6 Å². The molecule has 0 aromatic carbocycles. The first kappa shape index (κ1) is 15.9. The molecule has 2 N–H and O–H groups in total. The van der Waals surface area contributed by atoms with Gasteiger partial charge in [-0.05, 0) is 5.92 Å². The van der Waals surface area contributed by atoms with Crippen LogP contribution in [0, 0.1) is 5.92 Å². The van der Waals surface area contributed by atoms with Crippen LogP contribution in [-0.2, 0) is 17.5 Å². The lowest BCUT2D eigenvalue weighted by Crippen LogP contribution is -2.32. The Morgan fingerprint density at radius 3 is 2.45 bits per heavy atom. The van der Waals surface area contributed by atoms with Crippen molar-refractivity contribution in [2.75, 3.05) is 6.54 Å².